The van der Waals surface area contributed by atoms with Crippen molar-refractivity contribution >= 4 is 22.7 Å². The average Bonchev–Trinajstić information content (AvgIpc) is 2.68. The predicted octanol–water partition coefficient (Wildman–Crippen LogP) is 4.38. The minimum absolute atomic E-state index is 0.112. The van der Waals surface area contributed by atoms with Crippen molar-refractivity contribution in [3.8, 4) is 11.4 Å². The van der Waals surface area contributed by atoms with Crippen molar-refractivity contribution in [1.82, 2.24) is 24.9 Å². The molecule has 0 radical (unpaired) electrons. The molecule has 140 valence electrons. The van der Waals surface area contributed by atoms with E-state index in [4.69, 9.17) is 0 Å². The molecular formula is C18H10F4N6. The first-order valence-electron chi connectivity index (χ1n) is 7.95. The third kappa shape index (κ3) is 3.43. The van der Waals surface area contributed by atoms with Gasteiger partial charge in [-0.25, -0.2) is 24.3 Å². The molecule has 0 spiro atoms. The summed E-state index contributed by atoms with van der Waals surface area (Å²) < 4.78 is 53.4. The highest BCUT2D eigenvalue weighted by atomic mass is 19.4. The molecule has 0 amide bonds. The predicted molar refractivity (Wildman–Crippen MR) is 93.0 cm³/mol. The standard InChI is InChI=1S/C18H10F4N6/c19-13-2-1-10(18(20,21)22)9-12(13)15-27-16-14(24-7-8-25-16)17(28-15)26-11-3-5-23-6-4-11/h1-9H,(H,23,25,26,27,28). The second-order valence-corrected chi connectivity index (χ2v) is 5.68. The first-order chi connectivity index (χ1) is 13.4. The number of alkyl halides is 3. The van der Waals surface area contributed by atoms with Crippen LogP contribution >= 0.6 is 0 Å². The average molecular weight is 386 g/mol. The SMILES string of the molecule is Fc1ccc(C(F)(F)F)cc1-c1nc(Nc2ccncc2)c2nccnc2n1. The highest BCUT2D eigenvalue weighted by Crippen LogP contribution is 2.33. The van der Waals surface area contributed by atoms with Crippen molar-refractivity contribution in [1.29, 1.82) is 0 Å². The molecule has 0 aliphatic carbocycles. The van der Waals surface area contributed by atoms with Gasteiger partial charge in [0.1, 0.15) is 5.82 Å². The lowest BCUT2D eigenvalue weighted by Gasteiger charge is -2.12. The fourth-order valence-electron chi connectivity index (χ4n) is 2.52. The number of nitrogens with one attached hydrogen (secondary N) is 1. The Hall–Kier alpha value is -3.69. The molecule has 28 heavy (non-hydrogen) atoms. The maximum atomic E-state index is 14.3. The summed E-state index contributed by atoms with van der Waals surface area (Å²) in [6.07, 6.45) is 1.26. The van der Waals surface area contributed by atoms with E-state index >= 15 is 0 Å². The molecule has 0 bridgehead atoms. The quantitative estimate of drug-likeness (QED) is 0.527. The second-order valence-electron chi connectivity index (χ2n) is 5.68. The molecule has 1 N–H and O–H groups in total. The number of fused-ring (bicyclic) bond motifs is 1. The van der Waals surface area contributed by atoms with Gasteiger partial charge in [0.2, 0.25) is 0 Å². The number of halogens is 4. The van der Waals surface area contributed by atoms with Crippen LogP contribution in [0.5, 0.6) is 0 Å². The Morgan fingerprint density at radius 2 is 1.61 bits per heavy atom. The van der Waals surface area contributed by atoms with Crippen LogP contribution in [-0.4, -0.2) is 24.9 Å². The van der Waals surface area contributed by atoms with Crippen LogP contribution in [0, 0.1) is 5.82 Å². The molecule has 10 heteroatoms. The lowest BCUT2D eigenvalue weighted by Crippen LogP contribution is -2.07. The summed E-state index contributed by atoms with van der Waals surface area (Å²) in [6.45, 7) is 0. The van der Waals surface area contributed by atoms with Crippen molar-refractivity contribution in [3.05, 3.63) is 66.5 Å². The normalized spacial score (nSPS) is 11.6. The van der Waals surface area contributed by atoms with Gasteiger partial charge in [0.15, 0.2) is 22.8 Å². The monoisotopic (exact) mass is 386 g/mol. The van der Waals surface area contributed by atoms with Gasteiger partial charge >= 0.3 is 6.18 Å². The number of rotatable bonds is 3. The molecule has 0 atom stereocenters. The molecule has 0 saturated heterocycles. The van der Waals surface area contributed by atoms with Gasteiger partial charge in [-0.05, 0) is 30.3 Å². The molecule has 0 fully saturated rings. The number of pyridine rings is 1. The Labute approximate surface area is 155 Å². The van der Waals surface area contributed by atoms with Gasteiger partial charge in [-0.2, -0.15) is 13.2 Å². The molecule has 0 aliphatic heterocycles. The van der Waals surface area contributed by atoms with Gasteiger partial charge in [0.05, 0.1) is 11.1 Å². The second kappa shape index (κ2) is 6.80. The molecule has 4 aromatic rings. The topological polar surface area (TPSA) is 76.5 Å². The van der Waals surface area contributed by atoms with Crippen LogP contribution in [0.4, 0.5) is 29.1 Å². The molecular weight excluding hydrogens is 376 g/mol. The maximum absolute atomic E-state index is 14.3. The zero-order chi connectivity index (χ0) is 19.7. The Bertz CT molecular complexity index is 1150. The summed E-state index contributed by atoms with van der Waals surface area (Å²) in [6, 6.07) is 5.39. The minimum atomic E-state index is -4.63. The van der Waals surface area contributed by atoms with Crippen LogP contribution in [0.2, 0.25) is 0 Å². The molecule has 1 aromatic carbocycles. The van der Waals surface area contributed by atoms with E-state index in [1.165, 1.54) is 12.4 Å². The summed E-state index contributed by atoms with van der Waals surface area (Å²) in [7, 11) is 0. The number of benzene rings is 1. The summed E-state index contributed by atoms with van der Waals surface area (Å²) in [5.74, 6) is -0.949. The van der Waals surface area contributed by atoms with Crippen LogP contribution in [0.15, 0.2) is 55.1 Å². The van der Waals surface area contributed by atoms with Gasteiger partial charge in [0, 0.05) is 30.5 Å². The van der Waals surface area contributed by atoms with E-state index < -0.39 is 17.6 Å². The van der Waals surface area contributed by atoms with Gasteiger partial charge in [-0.15, -0.1) is 0 Å². The largest absolute Gasteiger partial charge is 0.416 e. The van der Waals surface area contributed by atoms with E-state index in [9.17, 15) is 17.6 Å². The van der Waals surface area contributed by atoms with Gasteiger partial charge in [-0.1, -0.05) is 0 Å². The highest BCUT2D eigenvalue weighted by molar-refractivity contribution is 5.86. The fourth-order valence-corrected chi connectivity index (χ4v) is 2.52. The van der Waals surface area contributed by atoms with Crippen LogP contribution in [-0.2, 0) is 6.18 Å². The number of nitrogens with zero attached hydrogens (tertiary/aromatic N) is 5. The number of hydrogen-bond donors (Lipinski definition) is 1. The van der Waals surface area contributed by atoms with Crippen LogP contribution in [0.1, 0.15) is 5.56 Å². The summed E-state index contributed by atoms with van der Waals surface area (Å²) in [5.41, 5.74) is -0.386. The van der Waals surface area contributed by atoms with E-state index in [1.54, 1.807) is 24.5 Å². The van der Waals surface area contributed by atoms with Crippen molar-refractivity contribution < 1.29 is 17.6 Å². The minimum Gasteiger partial charge on any atom is -0.338 e. The van der Waals surface area contributed by atoms with Gasteiger partial charge < -0.3 is 5.32 Å². The number of anilines is 2. The van der Waals surface area contributed by atoms with E-state index in [1.807, 2.05) is 0 Å². The van der Waals surface area contributed by atoms with E-state index in [0.717, 1.165) is 6.07 Å². The third-order valence-electron chi connectivity index (χ3n) is 3.81. The Morgan fingerprint density at radius 3 is 2.36 bits per heavy atom. The highest BCUT2D eigenvalue weighted by Gasteiger charge is 2.31. The van der Waals surface area contributed by atoms with Gasteiger partial charge in [-0.3, -0.25) is 4.98 Å². The summed E-state index contributed by atoms with van der Waals surface area (Å²) in [5, 5.41) is 2.98. The summed E-state index contributed by atoms with van der Waals surface area (Å²) >= 11 is 0. The van der Waals surface area contributed by atoms with E-state index in [2.05, 4.69) is 30.2 Å². The molecule has 0 aliphatic rings. The van der Waals surface area contributed by atoms with Crippen LogP contribution < -0.4 is 5.32 Å². The molecule has 0 unspecified atom stereocenters. The molecule has 3 heterocycles. The molecule has 3 aromatic heterocycles. The van der Waals surface area contributed by atoms with Crippen molar-refractivity contribution in [2.45, 2.75) is 6.18 Å². The number of hydrogen-bond acceptors (Lipinski definition) is 6. The first-order valence-corrected chi connectivity index (χ1v) is 7.95. The molecule has 6 nitrogen and oxygen atoms in total. The lowest BCUT2D eigenvalue weighted by molar-refractivity contribution is -0.137. The lowest BCUT2D eigenvalue weighted by atomic mass is 10.1. The smallest absolute Gasteiger partial charge is 0.338 e. The van der Waals surface area contributed by atoms with Crippen molar-refractivity contribution in [2.75, 3.05) is 5.32 Å². The van der Waals surface area contributed by atoms with Crippen molar-refractivity contribution in [3.63, 3.8) is 0 Å². The maximum Gasteiger partial charge on any atom is 0.416 e. The summed E-state index contributed by atoms with van der Waals surface area (Å²) in [4.78, 5) is 20.4. The zero-order valence-electron chi connectivity index (χ0n) is 13.9. The van der Waals surface area contributed by atoms with Crippen molar-refractivity contribution in [2.24, 2.45) is 0 Å². The Morgan fingerprint density at radius 1 is 0.857 bits per heavy atom. The van der Waals surface area contributed by atoms with Gasteiger partial charge in [0.25, 0.3) is 0 Å². The Kier molecular flexibility index (Phi) is 4.30. The van der Waals surface area contributed by atoms with Crippen LogP contribution in [0.3, 0.4) is 0 Å². The fraction of sp³-hybridized carbons (Fsp3) is 0.0556. The number of aromatic nitrogens is 5. The molecule has 4 rings (SSSR count). The zero-order valence-corrected chi connectivity index (χ0v) is 13.9. The first kappa shape index (κ1) is 17.7. The molecule has 0 saturated carbocycles. The third-order valence-corrected chi connectivity index (χ3v) is 3.81. The Balaban J connectivity index is 1.89. The van der Waals surface area contributed by atoms with E-state index in [0.29, 0.717) is 17.8 Å². The van der Waals surface area contributed by atoms with E-state index in [-0.39, 0.29) is 28.4 Å². The van der Waals surface area contributed by atoms with Crippen LogP contribution in [0.25, 0.3) is 22.6 Å².